The van der Waals surface area contributed by atoms with Crippen LogP contribution in [0.15, 0.2) is 54.7 Å². The normalized spacial score (nSPS) is 13.1. The predicted octanol–water partition coefficient (Wildman–Crippen LogP) is 3.17. The lowest BCUT2D eigenvalue weighted by atomic mass is 9.99. The van der Waals surface area contributed by atoms with Crippen molar-refractivity contribution in [3.63, 3.8) is 0 Å². The zero-order valence-corrected chi connectivity index (χ0v) is 15.9. The van der Waals surface area contributed by atoms with E-state index in [2.05, 4.69) is 10.3 Å². The van der Waals surface area contributed by atoms with Crippen molar-refractivity contribution in [3.8, 4) is 5.75 Å². The number of carboxylic acid groups (broad SMARTS) is 1. The van der Waals surface area contributed by atoms with Gasteiger partial charge in [-0.25, -0.2) is 4.79 Å². The highest BCUT2D eigenvalue weighted by Gasteiger charge is 2.24. The van der Waals surface area contributed by atoms with E-state index in [0.717, 1.165) is 27.8 Å². The molecule has 2 aromatic carbocycles. The average molecular weight is 380 g/mol. The number of hydrogen-bond acceptors (Lipinski definition) is 3. The minimum Gasteiger partial charge on any atom is -0.497 e. The topological polar surface area (TPSA) is 91.4 Å². The monoisotopic (exact) mass is 380 g/mol. The maximum atomic E-state index is 12.6. The molecule has 3 rings (SSSR count). The third kappa shape index (κ3) is 4.52. The summed E-state index contributed by atoms with van der Waals surface area (Å²) in [7, 11) is 1.60. The Hall–Kier alpha value is -3.28. The molecule has 1 heterocycles. The van der Waals surface area contributed by atoms with Crippen LogP contribution in [0.2, 0.25) is 0 Å². The molecule has 3 aromatic rings. The zero-order valence-electron chi connectivity index (χ0n) is 15.9. The van der Waals surface area contributed by atoms with Gasteiger partial charge in [-0.3, -0.25) is 4.79 Å². The summed E-state index contributed by atoms with van der Waals surface area (Å²) < 4.78 is 5.13. The Kier molecular flexibility index (Phi) is 5.99. The lowest BCUT2D eigenvalue weighted by Gasteiger charge is -2.18. The van der Waals surface area contributed by atoms with Crippen molar-refractivity contribution in [2.24, 2.45) is 5.92 Å². The number of aromatic amines is 1. The van der Waals surface area contributed by atoms with Crippen molar-refractivity contribution in [2.45, 2.75) is 25.8 Å². The molecule has 0 bridgehead atoms. The third-order valence-electron chi connectivity index (χ3n) is 4.86. The highest BCUT2D eigenvalue weighted by atomic mass is 16.5. The van der Waals surface area contributed by atoms with E-state index in [1.165, 1.54) is 0 Å². The molecule has 0 aliphatic carbocycles. The number of H-pyrrole nitrogens is 1. The molecule has 28 heavy (non-hydrogen) atoms. The first-order valence-electron chi connectivity index (χ1n) is 9.19. The standard InChI is InChI=1S/C22H24N2O4/c1-14(11-15-7-9-17(28-2)10-8-15)21(25)24-20(22(26)27)12-16-13-23-19-6-4-3-5-18(16)19/h3-10,13-14,20,23H,11-12H2,1-2H3,(H,24,25)(H,26,27). The summed E-state index contributed by atoms with van der Waals surface area (Å²) in [5.41, 5.74) is 2.80. The number of nitrogens with one attached hydrogen (secondary N) is 2. The fraction of sp³-hybridized carbons (Fsp3) is 0.273. The maximum Gasteiger partial charge on any atom is 0.326 e. The number of benzene rings is 2. The highest BCUT2D eigenvalue weighted by Crippen LogP contribution is 2.20. The fourth-order valence-corrected chi connectivity index (χ4v) is 3.24. The molecule has 6 nitrogen and oxygen atoms in total. The molecule has 2 atom stereocenters. The van der Waals surface area contributed by atoms with Gasteiger partial charge in [0, 0.05) is 29.4 Å². The smallest absolute Gasteiger partial charge is 0.326 e. The van der Waals surface area contributed by atoms with Gasteiger partial charge in [0.05, 0.1) is 7.11 Å². The predicted molar refractivity (Wildman–Crippen MR) is 107 cm³/mol. The van der Waals surface area contributed by atoms with Gasteiger partial charge in [-0.2, -0.15) is 0 Å². The van der Waals surface area contributed by atoms with Crippen LogP contribution in [0.4, 0.5) is 0 Å². The number of methoxy groups -OCH3 is 1. The Balaban J connectivity index is 1.65. The van der Waals surface area contributed by atoms with Crippen LogP contribution in [0.3, 0.4) is 0 Å². The highest BCUT2D eigenvalue weighted by molar-refractivity contribution is 5.87. The molecule has 146 valence electrons. The van der Waals surface area contributed by atoms with Crippen LogP contribution in [-0.2, 0) is 22.4 Å². The van der Waals surface area contributed by atoms with E-state index in [9.17, 15) is 14.7 Å². The van der Waals surface area contributed by atoms with Crippen molar-refractivity contribution < 1.29 is 19.4 Å². The van der Waals surface area contributed by atoms with Crippen LogP contribution < -0.4 is 10.1 Å². The van der Waals surface area contributed by atoms with Crippen LogP contribution in [0, 0.1) is 5.92 Å². The van der Waals surface area contributed by atoms with Gasteiger partial charge < -0.3 is 20.1 Å². The molecule has 1 amide bonds. The van der Waals surface area contributed by atoms with Gasteiger partial charge in [0.1, 0.15) is 11.8 Å². The first-order chi connectivity index (χ1) is 13.5. The number of aliphatic carboxylic acids is 1. The number of carbonyl (C=O) groups is 2. The minimum atomic E-state index is -1.05. The Labute approximate surface area is 163 Å². The summed E-state index contributed by atoms with van der Waals surface area (Å²) in [6.07, 6.45) is 2.54. The van der Waals surface area contributed by atoms with Gasteiger partial charge in [-0.15, -0.1) is 0 Å². The summed E-state index contributed by atoms with van der Waals surface area (Å²) in [6, 6.07) is 14.2. The summed E-state index contributed by atoms with van der Waals surface area (Å²) in [4.78, 5) is 27.4. The van der Waals surface area contributed by atoms with Gasteiger partial charge in [-0.1, -0.05) is 37.3 Å². The van der Waals surface area contributed by atoms with E-state index in [4.69, 9.17) is 4.74 Å². The van der Waals surface area contributed by atoms with Gasteiger partial charge in [0.15, 0.2) is 0 Å². The van der Waals surface area contributed by atoms with Crippen LogP contribution in [0.5, 0.6) is 5.75 Å². The van der Waals surface area contributed by atoms with Crippen molar-refractivity contribution in [1.29, 1.82) is 0 Å². The Morgan fingerprint density at radius 3 is 2.50 bits per heavy atom. The minimum absolute atomic E-state index is 0.223. The van der Waals surface area contributed by atoms with Crippen molar-refractivity contribution in [2.75, 3.05) is 7.11 Å². The molecule has 2 unspecified atom stereocenters. The fourth-order valence-electron chi connectivity index (χ4n) is 3.24. The molecule has 0 fully saturated rings. The first-order valence-corrected chi connectivity index (χ1v) is 9.19. The summed E-state index contributed by atoms with van der Waals surface area (Å²) in [5.74, 6) is -0.915. The van der Waals surface area contributed by atoms with E-state index in [0.29, 0.717) is 6.42 Å². The molecule has 0 saturated heterocycles. The van der Waals surface area contributed by atoms with E-state index < -0.39 is 12.0 Å². The van der Waals surface area contributed by atoms with Crippen LogP contribution in [0.25, 0.3) is 10.9 Å². The van der Waals surface area contributed by atoms with Crippen molar-refractivity contribution in [1.82, 2.24) is 10.3 Å². The lowest BCUT2D eigenvalue weighted by molar-refractivity contribution is -0.142. The Bertz CT molecular complexity index is 962. The number of carbonyl (C=O) groups excluding carboxylic acids is 1. The molecular formula is C22H24N2O4. The zero-order chi connectivity index (χ0) is 20.1. The number of fused-ring (bicyclic) bond motifs is 1. The average Bonchev–Trinajstić information content (AvgIpc) is 3.11. The number of amides is 1. The molecule has 0 aliphatic heterocycles. The molecule has 0 aliphatic rings. The van der Waals surface area contributed by atoms with E-state index in [-0.39, 0.29) is 18.2 Å². The third-order valence-corrected chi connectivity index (χ3v) is 4.86. The van der Waals surface area contributed by atoms with E-state index >= 15 is 0 Å². The second kappa shape index (κ2) is 8.61. The quantitative estimate of drug-likeness (QED) is 0.560. The molecular weight excluding hydrogens is 356 g/mol. The first kappa shape index (κ1) is 19.5. The number of carboxylic acids is 1. The van der Waals surface area contributed by atoms with Gasteiger partial charge in [-0.05, 0) is 35.7 Å². The molecule has 0 saturated carbocycles. The number of rotatable bonds is 8. The van der Waals surface area contributed by atoms with Crippen LogP contribution in [0.1, 0.15) is 18.1 Å². The Morgan fingerprint density at radius 1 is 1.11 bits per heavy atom. The lowest BCUT2D eigenvalue weighted by Crippen LogP contribution is -2.44. The van der Waals surface area contributed by atoms with Gasteiger partial charge >= 0.3 is 5.97 Å². The molecule has 0 spiro atoms. The summed E-state index contributed by atoms with van der Waals surface area (Å²) >= 11 is 0. The maximum absolute atomic E-state index is 12.6. The van der Waals surface area contributed by atoms with Crippen molar-refractivity contribution >= 4 is 22.8 Å². The number of aromatic nitrogens is 1. The summed E-state index contributed by atoms with van der Waals surface area (Å²) in [6.45, 7) is 1.80. The SMILES string of the molecule is COc1ccc(CC(C)C(=O)NC(Cc2c[nH]c3ccccc23)C(=O)O)cc1. The van der Waals surface area contributed by atoms with E-state index in [1.807, 2.05) is 48.5 Å². The second-order valence-corrected chi connectivity index (χ2v) is 6.92. The number of para-hydroxylation sites is 1. The molecule has 6 heteroatoms. The largest absolute Gasteiger partial charge is 0.497 e. The van der Waals surface area contributed by atoms with Crippen LogP contribution >= 0.6 is 0 Å². The molecule has 3 N–H and O–H groups in total. The van der Waals surface area contributed by atoms with Gasteiger partial charge in [0.25, 0.3) is 0 Å². The molecule has 0 radical (unpaired) electrons. The molecule has 1 aromatic heterocycles. The van der Waals surface area contributed by atoms with E-state index in [1.54, 1.807) is 20.2 Å². The van der Waals surface area contributed by atoms with Crippen molar-refractivity contribution in [3.05, 3.63) is 65.9 Å². The Morgan fingerprint density at radius 2 is 1.82 bits per heavy atom. The summed E-state index contributed by atoms with van der Waals surface area (Å²) in [5, 5.41) is 13.2. The van der Waals surface area contributed by atoms with Crippen LogP contribution in [-0.4, -0.2) is 35.1 Å². The number of ether oxygens (including phenoxy) is 1. The van der Waals surface area contributed by atoms with Gasteiger partial charge in [0.2, 0.25) is 5.91 Å². The second-order valence-electron chi connectivity index (χ2n) is 6.92. The number of hydrogen-bond donors (Lipinski definition) is 3.